The van der Waals surface area contributed by atoms with Crippen molar-refractivity contribution in [3.63, 3.8) is 0 Å². The summed E-state index contributed by atoms with van der Waals surface area (Å²) in [6.45, 7) is 9.87. The maximum absolute atomic E-state index is 12.0. The largest absolute Gasteiger partial charge is 0.481 e. The van der Waals surface area contributed by atoms with Crippen molar-refractivity contribution in [1.29, 1.82) is 0 Å². The molecule has 0 saturated carbocycles. The van der Waals surface area contributed by atoms with E-state index >= 15 is 0 Å². The number of amides is 1. The van der Waals surface area contributed by atoms with Gasteiger partial charge in [0.05, 0.1) is 0 Å². The second-order valence-electron chi connectivity index (χ2n) is 5.81. The van der Waals surface area contributed by atoms with Gasteiger partial charge in [0.25, 0.3) is 5.91 Å². The lowest BCUT2D eigenvalue weighted by Crippen LogP contribution is -2.44. The highest BCUT2D eigenvalue weighted by atomic mass is 35.5. The van der Waals surface area contributed by atoms with E-state index in [1.807, 2.05) is 31.2 Å². The Hall–Kier alpha value is -1.30. The van der Waals surface area contributed by atoms with Crippen molar-refractivity contribution in [1.82, 2.24) is 15.5 Å². The molecule has 23 heavy (non-hydrogen) atoms. The Morgan fingerprint density at radius 1 is 1.30 bits per heavy atom. The second-order valence-corrected chi connectivity index (χ2v) is 5.81. The predicted octanol–water partition coefficient (Wildman–Crippen LogP) is 1.60. The van der Waals surface area contributed by atoms with E-state index in [2.05, 4.69) is 15.5 Å². The van der Waals surface area contributed by atoms with Crippen LogP contribution in [0.2, 0.25) is 0 Å². The molecule has 1 saturated heterocycles. The van der Waals surface area contributed by atoms with E-state index in [1.165, 1.54) is 5.56 Å². The third kappa shape index (κ3) is 7.20. The van der Waals surface area contributed by atoms with Gasteiger partial charge < -0.3 is 20.3 Å². The average Bonchev–Trinajstić information content (AvgIpc) is 2.54. The van der Waals surface area contributed by atoms with Gasteiger partial charge in [-0.2, -0.15) is 0 Å². The van der Waals surface area contributed by atoms with Crippen LogP contribution in [-0.2, 0) is 4.79 Å². The van der Waals surface area contributed by atoms with Crippen LogP contribution in [0.3, 0.4) is 0 Å². The normalized spacial score (nSPS) is 16.3. The van der Waals surface area contributed by atoms with Crippen LogP contribution < -0.4 is 15.4 Å². The fraction of sp³-hybridized carbons (Fsp3) is 0.588. The van der Waals surface area contributed by atoms with Gasteiger partial charge in [0.15, 0.2) is 6.10 Å². The summed E-state index contributed by atoms with van der Waals surface area (Å²) in [5.41, 5.74) is 1.18. The summed E-state index contributed by atoms with van der Waals surface area (Å²) in [6.07, 6.45) is 0.505. The molecule has 1 fully saturated rings. The first-order chi connectivity index (χ1) is 10.6. The number of nitrogens with one attached hydrogen (secondary N) is 2. The Morgan fingerprint density at radius 3 is 2.61 bits per heavy atom. The van der Waals surface area contributed by atoms with Gasteiger partial charge in [-0.3, -0.25) is 4.79 Å². The summed E-state index contributed by atoms with van der Waals surface area (Å²) in [4.78, 5) is 14.4. The Morgan fingerprint density at radius 2 is 1.96 bits per heavy atom. The fourth-order valence-corrected chi connectivity index (χ4v) is 2.47. The minimum absolute atomic E-state index is 0. The highest BCUT2D eigenvalue weighted by Gasteiger charge is 2.14. The molecular weight excluding hydrogens is 314 g/mol. The molecule has 1 aromatic carbocycles. The van der Waals surface area contributed by atoms with Crippen LogP contribution in [0.4, 0.5) is 0 Å². The number of hydrogen-bond donors (Lipinski definition) is 2. The van der Waals surface area contributed by atoms with Crippen molar-refractivity contribution < 1.29 is 9.53 Å². The smallest absolute Gasteiger partial charge is 0.260 e. The second kappa shape index (κ2) is 10.5. The molecule has 0 radical (unpaired) electrons. The summed E-state index contributed by atoms with van der Waals surface area (Å²) in [7, 11) is 0. The maximum atomic E-state index is 12.0. The highest BCUT2D eigenvalue weighted by molar-refractivity contribution is 5.85. The molecule has 0 aliphatic carbocycles. The number of aryl methyl sites for hydroxylation is 1. The lowest BCUT2D eigenvalue weighted by atomic mass is 10.2. The van der Waals surface area contributed by atoms with Crippen LogP contribution in [0.25, 0.3) is 0 Å². The van der Waals surface area contributed by atoms with E-state index in [0.29, 0.717) is 6.54 Å². The molecule has 2 N–H and O–H groups in total. The molecule has 5 nitrogen and oxygen atoms in total. The molecule has 1 unspecified atom stereocenters. The molecule has 1 heterocycles. The maximum Gasteiger partial charge on any atom is 0.260 e. The number of carbonyl (C=O) groups excluding carboxylic acids is 1. The number of hydrogen-bond acceptors (Lipinski definition) is 4. The summed E-state index contributed by atoms with van der Waals surface area (Å²) in [6, 6.07) is 7.74. The molecule has 1 aromatic rings. The van der Waals surface area contributed by atoms with Gasteiger partial charge in [-0.25, -0.2) is 0 Å². The molecule has 6 heteroatoms. The molecular formula is C17H28ClN3O2. The van der Waals surface area contributed by atoms with Crippen molar-refractivity contribution in [2.24, 2.45) is 0 Å². The minimum Gasteiger partial charge on any atom is -0.481 e. The molecule has 1 amide bonds. The topological polar surface area (TPSA) is 53.6 Å². The van der Waals surface area contributed by atoms with E-state index in [9.17, 15) is 4.79 Å². The first-order valence-corrected chi connectivity index (χ1v) is 8.09. The Labute approximate surface area is 145 Å². The van der Waals surface area contributed by atoms with Gasteiger partial charge in [0, 0.05) is 32.7 Å². The van der Waals surface area contributed by atoms with Crippen LogP contribution in [0.5, 0.6) is 5.75 Å². The number of carbonyl (C=O) groups is 1. The summed E-state index contributed by atoms with van der Waals surface area (Å²) >= 11 is 0. The van der Waals surface area contributed by atoms with Crippen LogP contribution in [0.15, 0.2) is 24.3 Å². The van der Waals surface area contributed by atoms with Crippen molar-refractivity contribution in [2.75, 3.05) is 39.3 Å². The fourth-order valence-electron chi connectivity index (χ4n) is 2.47. The quantitative estimate of drug-likeness (QED) is 0.740. The van der Waals surface area contributed by atoms with Crippen molar-refractivity contribution >= 4 is 18.3 Å². The monoisotopic (exact) mass is 341 g/mol. The first-order valence-electron chi connectivity index (χ1n) is 8.09. The van der Waals surface area contributed by atoms with Crippen LogP contribution >= 0.6 is 12.4 Å². The molecule has 2 rings (SSSR count). The van der Waals surface area contributed by atoms with E-state index in [-0.39, 0.29) is 18.3 Å². The van der Waals surface area contributed by atoms with Crippen molar-refractivity contribution in [3.05, 3.63) is 29.8 Å². The van der Waals surface area contributed by atoms with Gasteiger partial charge in [-0.15, -0.1) is 12.4 Å². The van der Waals surface area contributed by atoms with Crippen molar-refractivity contribution in [2.45, 2.75) is 26.4 Å². The number of ether oxygens (including phenoxy) is 1. The first kappa shape index (κ1) is 19.7. The van der Waals surface area contributed by atoms with Crippen LogP contribution in [-0.4, -0.2) is 56.2 Å². The molecule has 0 aromatic heterocycles. The van der Waals surface area contributed by atoms with E-state index in [4.69, 9.17) is 4.74 Å². The summed E-state index contributed by atoms with van der Waals surface area (Å²) in [5, 5.41) is 6.28. The Bertz CT molecular complexity index is 461. The van der Waals surface area contributed by atoms with Gasteiger partial charge in [-0.1, -0.05) is 17.7 Å². The Kier molecular flexibility index (Phi) is 8.99. The van der Waals surface area contributed by atoms with Crippen molar-refractivity contribution in [3.8, 4) is 5.75 Å². The molecule has 1 atom stereocenters. The summed E-state index contributed by atoms with van der Waals surface area (Å²) < 4.78 is 5.65. The van der Waals surface area contributed by atoms with Crippen LogP contribution in [0.1, 0.15) is 18.9 Å². The Balaban J connectivity index is 0.00000264. The van der Waals surface area contributed by atoms with Crippen LogP contribution in [0, 0.1) is 6.92 Å². The standard InChI is InChI=1S/C17H27N3O2.ClH/c1-14-4-6-16(7-5-14)22-15(2)17(21)19-8-3-11-20-12-9-18-10-13-20;/h4-7,15,18H,3,8-13H2,1-2H3,(H,19,21);1H. The van der Waals surface area contributed by atoms with Gasteiger partial charge in [-0.05, 0) is 38.9 Å². The van der Waals surface area contributed by atoms with E-state index in [0.717, 1.165) is 44.9 Å². The number of nitrogens with zero attached hydrogens (tertiary/aromatic N) is 1. The van der Waals surface area contributed by atoms with E-state index in [1.54, 1.807) is 6.92 Å². The molecule has 0 spiro atoms. The molecule has 130 valence electrons. The number of halogens is 1. The SMILES string of the molecule is Cc1ccc(OC(C)C(=O)NCCCN2CCNCC2)cc1.Cl. The number of benzene rings is 1. The lowest BCUT2D eigenvalue weighted by Gasteiger charge is -2.27. The lowest BCUT2D eigenvalue weighted by molar-refractivity contribution is -0.127. The number of rotatable bonds is 7. The predicted molar refractivity (Wildman–Crippen MR) is 95.5 cm³/mol. The molecule has 1 aliphatic rings. The zero-order valence-corrected chi connectivity index (χ0v) is 14.8. The third-order valence-electron chi connectivity index (χ3n) is 3.86. The minimum atomic E-state index is -0.470. The molecule has 0 bridgehead atoms. The van der Waals surface area contributed by atoms with E-state index < -0.39 is 6.10 Å². The number of piperazine rings is 1. The average molecular weight is 342 g/mol. The zero-order valence-electron chi connectivity index (χ0n) is 14.0. The third-order valence-corrected chi connectivity index (χ3v) is 3.86. The molecule has 1 aliphatic heterocycles. The van der Waals surface area contributed by atoms with Gasteiger partial charge >= 0.3 is 0 Å². The van der Waals surface area contributed by atoms with Gasteiger partial charge in [0.2, 0.25) is 0 Å². The zero-order chi connectivity index (χ0) is 15.8. The summed E-state index contributed by atoms with van der Waals surface area (Å²) in [5.74, 6) is 0.676. The highest BCUT2D eigenvalue weighted by Crippen LogP contribution is 2.13. The van der Waals surface area contributed by atoms with Gasteiger partial charge in [0.1, 0.15) is 5.75 Å².